The molecule has 0 aromatic heterocycles. The number of carbonyl (C=O) groups is 1. The van der Waals surface area contributed by atoms with E-state index in [0.717, 1.165) is 17.7 Å². The predicted octanol–water partition coefficient (Wildman–Crippen LogP) is 1.77. The number of hydrogen-bond acceptors (Lipinski definition) is 4. The second-order valence-electron chi connectivity index (χ2n) is 4.60. The average Bonchev–Trinajstić information content (AvgIpc) is 2.44. The molecule has 0 amide bonds. The summed E-state index contributed by atoms with van der Waals surface area (Å²) in [6.07, 6.45) is 1.45. The summed E-state index contributed by atoms with van der Waals surface area (Å²) in [5, 5.41) is 0. The molecule has 18 heavy (non-hydrogen) atoms. The smallest absolute Gasteiger partial charge is 0.312 e. The molecule has 0 saturated heterocycles. The van der Waals surface area contributed by atoms with Crippen LogP contribution in [-0.4, -0.2) is 26.7 Å². The lowest BCUT2D eigenvalue weighted by atomic mass is 9.84. The van der Waals surface area contributed by atoms with Gasteiger partial charge in [0.25, 0.3) is 0 Å². The first-order valence-electron chi connectivity index (χ1n) is 5.97. The van der Waals surface area contributed by atoms with Gasteiger partial charge in [-0.25, -0.2) is 0 Å². The van der Waals surface area contributed by atoms with Gasteiger partial charge in [-0.3, -0.25) is 4.79 Å². The summed E-state index contributed by atoms with van der Waals surface area (Å²) in [7, 11) is 3.03. The van der Waals surface area contributed by atoms with E-state index in [9.17, 15) is 4.79 Å². The van der Waals surface area contributed by atoms with E-state index in [2.05, 4.69) is 0 Å². The molecule has 1 rings (SSSR count). The van der Waals surface area contributed by atoms with Gasteiger partial charge in [-0.1, -0.05) is 12.1 Å². The molecular weight excluding hydrogens is 230 g/mol. The fourth-order valence-electron chi connectivity index (χ4n) is 1.75. The van der Waals surface area contributed by atoms with Gasteiger partial charge in [-0.2, -0.15) is 0 Å². The van der Waals surface area contributed by atoms with Crippen LogP contribution in [0.5, 0.6) is 5.75 Å². The number of rotatable bonds is 6. The topological polar surface area (TPSA) is 61.5 Å². The Morgan fingerprint density at radius 3 is 2.33 bits per heavy atom. The summed E-state index contributed by atoms with van der Waals surface area (Å²) in [5.41, 5.74) is 6.21. The lowest BCUT2D eigenvalue weighted by Crippen LogP contribution is -2.37. The van der Waals surface area contributed by atoms with Gasteiger partial charge in [-0.05, 0) is 37.5 Å². The zero-order valence-corrected chi connectivity index (χ0v) is 11.2. The first-order chi connectivity index (χ1) is 8.55. The summed E-state index contributed by atoms with van der Waals surface area (Å²) in [4.78, 5) is 11.7. The number of esters is 1. The van der Waals surface area contributed by atoms with Crippen LogP contribution >= 0.6 is 0 Å². The zero-order valence-electron chi connectivity index (χ0n) is 11.2. The monoisotopic (exact) mass is 251 g/mol. The number of hydrogen-bond donors (Lipinski definition) is 1. The van der Waals surface area contributed by atoms with Gasteiger partial charge < -0.3 is 15.2 Å². The highest BCUT2D eigenvalue weighted by molar-refractivity contribution is 5.76. The third kappa shape index (κ3) is 3.47. The van der Waals surface area contributed by atoms with Crippen LogP contribution in [0.3, 0.4) is 0 Å². The Labute approximate surface area is 108 Å². The van der Waals surface area contributed by atoms with Gasteiger partial charge in [0, 0.05) is 6.54 Å². The highest BCUT2D eigenvalue weighted by Gasteiger charge is 2.32. The molecule has 0 radical (unpaired) electrons. The van der Waals surface area contributed by atoms with Crippen LogP contribution in [0.1, 0.15) is 18.9 Å². The van der Waals surface area contributed by atoms with Crippen LogP contribution in [0.2, 0.25) is 0 Å². The van der Waals surface area contributed by atoms with Crippen LogP contribution in [0.4, 0.5) is 0 Å². The van der Waals surface area contributed by atoms with Crippen molar-refractivity contribution < 1.29 is 14.3 Å². The van der Waals surface area contributed by atoms with E-state index in [4.69, 9.17) is 15.2 Å². The molecule has 0 heterocycles. The lowest BCUT2D eigenvalue weighted by Gasteiger charge is -2.24. The van der Waals surface area contributed by atoms with E-state index < -0.39 is 5.41 Å². The number of benzene rings is 1. The van der Waals surface area contributed by atoms with Crippen molar-refractivity contribution in [1.29, 1.82) is 0 Å². The van der Waals surface area contributed by atoms with Crippen molar-refractivity contribution in [1.82, 2.24) is 0 Å². The molecule has 0 aliphatic rings. The quantitative estimate of drug-likeness (QED) is 0.783. The molecule has 0 aliphatic heterocycles. The molecule has 4 heteroatoms. The van der Waals surface area contributed by atoms with Crippen LogP contribution < -0.4 is 10.5 Å². The van der Waals surface area contributed by atoms with E-state index >= 15 is 0 Å². The summed E-state index contributed by atoms with van der Waals surface area (Å²) in [5.74, 6) is 0.576. The molecule has 1 atom stereocenters. The molecule has 0 fully saturated rings. The highest BCUT2D eigenvalue weighted by Crippen LogP contribution is 2.24. The Balaban J connectivity index is 2.64. The maximum absolute atomic E-state index is 11.7. The molecular formula is C14H21NO3. The first kappa shape index (κ1) is 14.5. The Bertz CT molecular complexity index is 389. The summed E-state index contributed by atoms with van der Waals surface area (Å²) in [6, 6.07) is 7.81. The van der Waals surface area contributed by atoms with Gasteiger partial charge >= 0.3 is 5.97 Å². The number of aryl methyl sites for hydroxylation is 1. The molecule has 1 aromatic carbocycles. The average molecular weight is 251 g/mol. The van der Waals surface area contributed by atoms with Gasteiger partial charge in [0.05, 0.1) is 19.6 Å². The fraction of sp³-hybridized carbons (Fsp3) is 0.500. The number of nitrogens with two attached hydrogens (primary N) is 1. The second kappa shape index (κ2) is 6.40. The summed E-state index contributed by atoms with van der Waals surface area (Å²) >= 11 is 0. The third-order valence-corrected chi connectivity index (χ3v) is 3.25. The van der Waals surface area contributed by atoms with Gasteiger partial charge in [0.15, 0.2) is 0 Å². The maximum atomic E-state index is 11.7. The second-order valence-corrected chi connectivity index (χ2v) is 4.60. The van der Waals surface area contributed by atoms with Crippen LogP contribution in [-0.2, 0) is 16.0 Å². The van der Waals surface area contributed by atoms with E-state index in [1.807, 2.05) is 31.2 Å². The van der Waals surface area contributed by atoms with Crippen molar-refractivity contribution in [3.05, 3.63) is 29.8 Å². The van der Waals surface area contributed by atoms with Gasteiger partial charge in [-0.15, -0.1) is 0 Å². The molecule has 1 unspecified atom stereocenters. The van der Waals surface area contributed by atoms with Crippen LogP contribution in [0.15, 0.2) is 24.3 Å². The molecule has 0 bridgehead atoms. The Morgan fingerprint density at radius 1 is 1.28 bits per heavy atom. The van der Waals surface area contributed by atoms with Crippen LogP contribution in [0, 0.1) is 5.41 Å². The Hall–Kier alpha value is -1.55. The molecule has 0 saturated carbocycles. The van der Waals surface area contributed by atoms with E-state index in [-0.39, 0.29) is 12.5 Å². The van der Waals surface area contributed by atoms with Gasteiger partial charge in [0.2, 0.25) is 0 Å². The fourth-order valence-corrected chi connectivity index (χ4v) is 1.75. The molecule has 1 aromatic rings. The van der Waals surface area contributed by atoms with Crippen molar-refractivity contribution in [3.8, 4) is 5.75 Å². The van der Waals surface area contributed by atoms with Crippen molar-refractivity contribution in [3.63, 3.8) is 0 Å². The summed E-state index contributed by atoms with van der Waals surface area (Å²) in [6.45, 7) is 2.12. The minimum absolute atomic E-state index is 0.251. The highest BCUT2D eigenvalue weighted by atomic mass is 16.5. The Morgan fingerprint density at radius 2 is 1.89 bits per heavy atom. The maximum Gasteiger partial charge on any atom is 0.312 e. The molecule has 0 spiro atoms. The van der Waals surface area contributed by atoms with E-state index in [0.29, 0.717) is 6.42 Å². The molecule has 0 aliphatic carbocycles. The van der Waals surface area contributed by atoms with Crippen molar-refractivity contribution in [2.45, 2.75) is 19.8 Å². The number of carbonyl (C=O) groups excluding carboxylic acids is 1. The lowest BCUT2D eigenvalue weighted by molar-refractivity contribution is -0.151. The number of methoxy groups -OCH3 is 2. The minimum Gasteiger partial charge on any atom is -0.497 e. The standard InChI is InChI=1S/C14H21NO3/c1-14(10-15,13(16)18-3)9-8-11-4-6-12(17-2)7-5-11/h4-7H,8-10,15H2,1-3H3. The first-order valence-corrected chi connectivity index (χ1v) is 5.97. The van der Waals surface area contributed by atoms with Gasteiger partial charge in [0.1, 0.15) is 5.75 Å². The third-order valence-electron chi connectivity index (χ3n) is 3.25. The van der Waals surface area contributed by atoms with Crippen molar-refractivity contribution in [2.24, 2.45) is 11.1 Å². The normalized spacial score (nSPS) is 13.8. The summed E-state index contributed by atoms with van der Waals surface area (Å²) < 4.78 is 9.89. The van der Waals surface area contributed by atoms with Crippen molar-refractivity contribution >= 4 is 5.97 Å². The Kier molecular flexibility index (Phi) is 5.16. The predicted molar refractivity (Wildman–Crippen MR) is 70.5 cm³/mol. The largest absolute Gasteiger partial charge is 0.497 e. The molecule has 4 nitrogen and oxygen atoms in total. The molecule has 100 valence electrons. The number of ether oxygens (including phenoxy) is 2. The SMILES string of the molecule is COC(=O)C(C)(CN)CCc1ccc(OC)cc1. The molecule has 2 N–H and O–H groups in total. The zero-order chi connectivity index (χ0) is 13.6. The van der Waals surface area contributed by atoms with Crippen LogP contribution in [0.25, 0.3) is 0 Å². The van der Waals surface area contributed by atoms with Crippen molar-refractivity contribution in [2.75, 3.05) is 20.8 Å². The minimum atomic E-state index is -0.616. The van der Waals surface area contributed by atoms with E-state index in [1.165, 1.54) is 7.11 Å². The van der Waals surface area contributed by atoms with E-state index in [1.54, 1.807) is 7.11 Å².